The van der Waals surface area contributed by atoms with Crippen LogP contribution in [0.1, 0.15) is 28.6 Å². The largest absolute Gasteiger partial charge is 0.497 e. The van der Waals surface area contributed by atoms with E-state index in [1.807, 2.05) is 18.2 Å². The highest BCUT2D eigenvalue weighted by Crippen LogP contribution is 2.30. The molecule has 1 atom stereocenters. The van der Waals surface area contributed by atoms with Crippen LogP contribution in [0.25, 0.3) is 5.70 Å². The third-order valence-corrected chi connectivity index (χ3v) is 3.65. The van der Waals surface area contributed by atoms with Crippen molar-refractivity contribution in [1.29, 1.82) is 0 Å². The Balaban J connectivity index is 1.77. The Labute approximate surface area is 128 Å². The van der Waals surface area contributed by atoms with E-state index < -0.39 is 0 Å². The Morgan fingerprint density at radius 2 is 2.23 bits per heavy atom. The summed E-state index contributed by atoms with van der Waals surface area (Å²) in [5.74, 6) is 1.18. The molecule has 2 aromatic rings. The van der Waals surface area contributed by atoms with E-state index >= 15 is 0 Å². The van der Waals surface area contributed by atoms with Crippen molar-refractivity contribution in [2.75, 3.05) is 7.11 Å². The number of allylic oxidation sites excluding steroid dienone is 1. The lowest BCUT2D eigenvalue weighted by Gasteiger charge is -2.23. The van der Waals surface area contributed by atoms with E-state index in [2.05, 4.69) is 23.9 Å². The molecule has 1 aliphatic carbocycles. The van der Waals surface area contributed by atoms with Gasteiger partial charge in [0.2, 0.25) is 0 Å². The number of hydrogen-bond acceptors (Lipinski definition) is 4. The molecule has 5 heteroatoms. The van der Waals surface area contributed by atoms with E-state index in [0.29, 0.717) is 5.92 Å². The summed E-state index contributed by atoms with van der Waals surface area (Å²) in [6.45, 7) is 2.14. The number of carbonyl (C=O) groups excluding carboxylic acids is 1. The highest BCUT2D eigenvalue weighted by Gasteiger charge is 2.18. The molecule has 0 spiro atoms. The molecule has 0 radical (unpaired) electrons. The number of amides is 1. The molecule has 0 aliphatic heterocycles. The molecule has 22 heavy (non-hydrogen) atoms. The van der Waals surface area contributed by atoms with Crippen molar-refractivity contribution in [3.63, 3.8) is 0 Å². The molecule has 0 saturated heterocycles. The molecule has 5 nitrogen and oxygen atoms in total. The molecule has 0 saturated carbocycles. The lowest BCUT2D eigenvalue weighted by Crippen LogP contribution is -2.37. The number of benzene rings is 1. The SMILES string of the molecule is COc1ccc2c(c1)CC(C)C=C2NNC(=O)c1ccco1. The van der Waals surface area contributed by atoms with Crippen molar-refractivity contribution in [2.24, 2.45) is 5.92 Å². The number of rotatable bonds is 4. The zero-order valence-corrected chi connectivity index (χ0v) is 12.6. The van der Waals surface area contributed by atoms with Crippen LogP contribution in [-0.4, -0.2) is 13.0 Å². The average Bonchev–Trinajstić information content (AvgIpc) is 3.05. The number of ether oxygens (including phenoxy) is 1. The fraction of sp³-hybridized carbons (Fsp3) is 0.235. The van der Waals surface area contributed by atoms with Crippen LogP contribution in [0.4, 0.5) is 0 Å². The Morgan fingerprint density at radius 1 is 1.36 bits per heavy atom. The molecule has 2 N–H and O–H groups in total. The first-order chi connectivity index (χ1) is 10.7. The molecule has 1 amide bonds. The number of methoxy groups -OCH3 is 1. The summed E-state index contributed by atoms with van der Waals surface area (Å²) in [7, 11) is 1.66. The lowest BCUT2D eigenvalue weighted by molar-refractivity contribution is 0.0914. The maximum absolute atomic E-state index is 11.9. The second-order valence-corrected chi connectivity index (χ2v) is 5.34. The topological polar surface area (TPSA) is 63.5 Å². The second kappa shape index (κ2) is 5.97. The van der Waals surface area contributed by atoms with Gasteiger partial charge >= 0.3 is 5.91 Å². The van der Waals surface area contributed by atoms with Gasteiger partial charge in [0.05, 0.1) is 19.1 Å². The van der Waals surface area contributed by atoms with Gasteiger partial charge in [-0.2, -0.15) is 0 Å². The second-order valence-electron chi connectivity index (χ2n) is 5.34. The van der Waals surface area contributed by atoms with Crippen molar-refractivity contribution in [1.82, 2.24) is 10.9 Å². The summed E-state index contributed by atoms with van der Waals surface area (Å²) in [5, 5.41) is 0. The maximum Gasteiger partial charge on any atom is 0.305 e. The summed E-state index contributed by atoms with van der Waals surface area (Å²) < 4.78 is 10.3. The van der Waals surface area contributed by atoms with Gasteiger partial charge in [0.15, 0.2) is 5.76 Å². The van der Waals surface area contributed by atoms with E-state index in [1.54, 1.807) is 19.2 Å². The highest BCUT2D eigenvalue weighted by molar-refractivity contribution is 5.91. The normalized spacial score (nSPS) is 16.5. The van der Waals surface area contributed by atoms with Gasteiger partial charge in [-0.15, -0.1) is 0 Å². The van der Waals surface area contributed by atoms with Crippen LogP contribution in [0.15, 0.2) is 47.1 Å². The predicted octanol–water partition coefficient (Wildman–Crippen LogP) is 2.76. The van der Waals surface area contributed by atoms with Crippen LogP contribution in [0.5, 0.6) is 5.75 Å². The van der Waals surface area contributed by atoms with E-state index in [9.17, 15) is 4.79 Å². The zero-order valence-electron chi connectivity index (χ0n) is 12.6. The van der Waals surface area contributed by atoms with Gasteiger partial charge in [-0.3, -0.25) is 15.6 Å². The summed E-state index contributed by atoms with van der Waals surface area (Å²) in [6, 6.07) is 9.25. The molecule has 1 aliphatic rings. The van der Waals surface area contributed by atoms with Crippen molar-refractivity contribution >= 4 is 11.6 Å². The minimum Gasteiger partial charge on any atom is -0.497 e. The Bertz CT molecular complexity index is 705. The van der Waals surface area contributed by atoms with Crippen LogP contribution >= 0.6 is 0 Å². The third kappa shape index (κ3) is 2.83. The van der Waals surface area contributed by atoms with Gasteiger partial charge in [-0.05, 0) is 48.2 Å². The summed E-state index contributed by atoms with van der Waals surface area (Å²) >= 11 is 0. The molecule has 3 rings (SSSR count). The van der Waals surface area contributed by atoms with Gasteiger partial charge in [0.25, 0.3) is 0 Å². The molecule has 0 bridgehead atoms. The van der Waals surface area contributed by atoms with Crippen LogP contribution in [0, 0.1) is 5.92 Å². The number of furan rings is 1. The number of hydrogen-bond donors (Lipinski definition) is 2. The van der Waals surface area contributed by atoms with E-state index in [4.69, 9.17) is 9.15 Å². The van der Waals surface area contributed by atoms with Crippen molar-refractivity contribution in [2.45, 2.75) is 13.3 Å². The molecule has 1 aromatic heterocycles. The molecule has 1 heterocycles. The van der Waals surface area contributed by atoms with Gasteiger partial charge in [0.1, 0.15) is 5.75 Å². The summed E-state index contributed by atoms with van der Waals surface area (Å²) in [4.78, 5) is 11.9. The monoisotopic (exact) mass is 298 g/mol. The number of carbonyl (C=O) groups is 1. The van der Waals surface area contributed by atoms with Gasteiger partial charge in [0, 0.05) is 5.56 Å². The van der Waals surface area contributed by atoms with Gasteiger partial charge in [-0.1, -0.05) is 13.0 Å². The third-order valence-electron chi connectivity index (χ3n) is 3.65. The minimum atomic E-state index is -0.306. The van der Waals surface area contributed by atoms with Crippen LogP contribution in [-0.2, 0) is 6.42 Å². The first-order valence-corrected chi connectivity index (χ1v) is 7.16. The Hall–Kier alpha value is -2.69. The van der Waals surface area contributed by atoms with E-state index in [-0.39, 0.29) is 11.7 Å². The fourth-order valence-corrected chi connectivity index (χ4v) is 2.61. The van der Waals surface area contributed by atoms with Crippen LogP contribution in [0.3, 0.4) is 0 Å². The first kappa shape index (κ1) is 14.3. The van der Waals surface area contributed by atoms with E-state index in [1.165, 1.54) is 11.8 Å². The molecule has 0 fully saturated rings. The molecule has 114 valence electrons. The highest BCUT2D eigenvalue weighted by atomic mass is 16.5. The Morgan fingerprint density at radius 3 is 2.95 bits per heavy atom. The van der Waals surface area contributed by atoms with E-state index in [0.717, 1.165) is 23.4 Å². The maximum atomic E-state index is 11.9. The standard InChI is InChI=1S/C17H18N2O3/c1-11-8-12-10-13(21-2)5-6-14(12)15(9-11)18-19-17(20)16-4-3-7-22-16/h3-7,9-11,18H,8H2,1-2H3,(H,19,20). The first-order valence-electron chi connectivity index (χ1n) is 7.16. The molecule has 1 unspecified atom stereocenters. The molecule has 1 aromatic carbocycles. The lowest BCUT2D eigenvalue weighted by atomic mass is 9.88. The Kier molecular flexibility index (Phi) is 3.87. The van der Waals surface area contributed by atoms with Crippen molar-refractivity contribution < 1.29 is 13.9 Å². The fourth-order valence-electron chi connectivity index (χ4n) is 2.61. The van der Waals surface area contributed by atoms with Gasteiger partial charge in [-0.25, -0.2) is 0 Å². The molecular weight excluding hydrogens is 280 g/mol. The zero-order chi connectivity index (χ0) is 15.5. The number of fused-ring (bicyclic) bond motifs is 1. The quantitative estimate of drug-likeness (QED) is 0.852. The summed E-state index contributed by atoms with van der Waals surface area (Å²) in [6.07, 6.45) is 4.53. The smallest absolute Gasteiger partial charge is 0.305 e. The number of nitrogens with one attached hydrogen (secondary N) is 2. The predicted molar refractivity (Wildman–Crippen MR) is 83.1 cm³/mol. The van der Waals surface area contributed by atoms with Gasteiger partial charge < -0.3 is 9.15 Å². The minimum absolute atomic E-state index is 0.270. The van der Waals surface area contributed by atoms with Crippen molar-refractivity contribution in [3.8, 4) is 5.75 Å². The van der Waals surface area contributed by atoms with Crippen LogP contribution < -0.4 is 15.6 Å². The molecular formula is C17H18N2O3. The average molecular weight is 298 g/mol. The number of hydrazine groups is 1. The van der Waals surface area contributed by atoms with Crippen molar-refractivity contribution in [3.05, 3.63) is 59.6 Å². The summed E-state index contributed by atoms with van der Waals surface area (Å²) in [5.41, 5.74) is 8.81. The van der Waals surface area contributed by atoms with Crippen LogP contribution in [0.2, 0.25) is 0 Å².